The number of piperidine rings is 1. The van der Waals surface area contributed by atoms with E-state index in [0.717, 1.165) is 29.0 Å². The van der Waals surface area contributed by atoms with E-state index in [-0.39, 0.29) is 31.3 Å². The van der Waals surface area contributed by atoms with Crippen molar-refractivity contribution in [3.8, 4) is 5.75 Å². The predicted octanol–water partition coefficient (Wildman–Crippen LogP) is 1.45. The molecule has 0 aromatic heterocycles. The average Bonchev–Trinajstić information content (AvgIpc) is 2.68. The minimum atomic E-state index is -1.48. The molecule has 28 heavy (non-hydrogen) atoms. The predicted molar refractivity (Wildman–Crippen MR) is 101 cm³/mol. The quantitative estimate of drug-likeness (QED) is 0.738. The summed E-state index contributed by atoms with van der Waals surface area (Å²) >= 11 is 0. The summed E-state index contributed by atoms with van der Waals surface area (Å²) in [5.41, 5.74) is 3.03. The second-order valence-corrected chi connectivity index (χ2v) is 7.27. The third-order valence-corrected chi connectivity index (χ3v) is 5.56. The van der Waals surface area contributed by atoms with Crippen molar-refractivity contribution in [2.45, 2.75) is 25.7 Å². The van der Waals surface area contributed by atoms with Gasteiger partial charge in [-0.2, -0.15) is 0 Å². The fraction of sp³-hybridized carbons (Fsp3) is 0.500. The van der Waals surface area contributed by atoms with E-state index in [1.54, 1.807) is 7.11 Å². The molecule has 3 rings (SSSR count). The lowest BCUT2D eigenvalue weighted by molar-refractivity contribution is -0.157. The largest absolute Gasteiger partial charge is 0.497 e. The number of nitrogens with zero attached hydrogens (tertiary/aromatic N) is 2. The van der Waals surface area contributed by atoms with Gasteiger partial charge in [-0.1, -0.05) is 0 Å². The smallest absolute Gasteiger partial charge is 0.394 e. The van der Waals surface area contributed by atoms with Crippen molar-refractivity contribution in [1.82, 2.24) is 4.90 Å². The van der Waals surface area contributed by atoms with Crippen LogP contribution in [0, 0.1) is 11.8 Å². The van der Waals surface area contributed by atoms with Gasteiger partial charge < -0.3 is 19.8 Å². The Hall–Kier alpha value is -2.90. The highest BCUT2D eigenvalue weighted by atomic mass is 16.5. The summed E-state index contributed by atoms with van der Waals surface area (Å²) in [6, 6.07) is 5.82. The van der Waals surface area contributed by atoms with E-state index in [1.807, 2.05) is 18.2 Å². The molecule has 2 heterocycles. The summed E-state index contributed by atoms with van der Waals surface area (Å²) in [5, 5.41) is 18.3. The zero-order valence-electron chi connectivity index (χ0n) is 15.8. The Morgan fingerprint density at radius 2 is 2.04 bits per heavy atom. The summed E-state index contributed by atoms with van der Waals surface area (Å²) in [4.78, 5) is 40.2. The number of carboxylic acid groups (broad SMARTS) is 2. The van der Waals surface area contributed by atoms with Gasteiger partial charge in [-0.15, -0.1) is 0 Å². The molecular weight excluding hydrogens is 364 g/mol. The fourth-order valence-electron chi connectivity index (χ4n) is 4.13. The van der Waals surface area contributed by atoms with Gasteiger partial charge in [0.25, 0.3) is 0 Å². The van der Waals surface area contributed by atoms with Crippen LogP contribution in [-0.4, -0.2) is 65.4 Å². The number of amides is 1. The molecule has 0 aliphatic carbocycles. The molecule has 150 valence electrons. The lowest BCUT2D eigenvalue weighted by atomic mass is 9.78. The highest BCUT2D eigenvalue weighted by Crippen LogP contribution is 2.32. The van der Waals surface area contributed by atoms with Crippen LogP contribution in [0.15, 0.2) is 23.2 Å². The summed E-state index contributed by atoms with van der Waals surface area (Å²) in [7, 11) is 1.62. The van der Waals surface area contributed by atoms with Gasteiger partial charge in [0.05, 0.1) is 7.11 Å². The number of fused-ring (bicyclic) bond motifs is 1. The first-order valence-corrected chi connectivity index (χ1v) is 9.33. The zero-order chi connectivity index (χ0) is 20.3. The van der Waals surface area contributed by atoms with Crippen molar-refractivity contribution in [3.63, 3.8) is 0 Å². The van der Waals surface area contributed by atoms with Gasteiger partial charge in [0.15, 0.2) is 0 Å². The van der Waals surface area contributed by atoms with Crippen LogP contribution in [0.4, 0.5) is 0 Å². The summed E-state index contributed by atoms with van der Waals surface area (Å²) in [6.07, 6.45) is 1.80. The first-order chi connectivity index (χ1) is 13.4. The SMILES string of the molecule is COc1ccc2c(c1)CCN=C2CC1CN(C(=O)C(=O)O)CCC1CC(=O)O. The average molecular weight is 388 g/mol. The summed E-state index contributed by atoms with van der Waals surface area (Å²) in [5.74, 6) is -2.80. The Balaban J connectivity index is 1.82. The molecule has 0 bridgehead atoms. The summed E-state index contributed by atoms with van der Waals surface area (Å²) in [6.45, 7) is 1.14. The highest BCUT2D eigenvalue weighted by Gasteiger charge is 2.35. The molecular formula is C20H24N2O6. The number of carboxylic acids is 2. The van der Waals surface area contributed by atoms with E-state index in [9.17, 15) is 19.5 Å². The van der Waals surface area contributed by atoms with Crippen LogP contribution >= 0.6 is 0 Å². The van der Waals surface area contributed by atoms with Gasteiger partial charge in [0.2, 0.25) is 0 Å². The molecule has 2 aliphatic heterocycles. The maximum atomic E-state index is 11.9. The van der Waals surface area contributed by atoms with Crippen LogP contribution in [0.1, 0.15) is 30.4 Å². The minimum absolute atomic E-state index is 0.00250. The zero-order valence-corrected chi connectivity index (χ0v) is 15.8. The Morgan fingerprint density at radius 3 is 2.71 bits per heavy atom. The number of carbonyl (C=O) groups excluding carboxylic acids is 1. The van der Waals surface area contributed by atoms with E-state index in [0.29, 0.717) is 19.4 Å². The van der Waals surface area contributed by atoms with Crippen LogP contribution in [-0.2, 0) is 20.8 Å². The van der Waals surface area contributed by atoms with Gasteiger partial charge in [0.1, 0.15) is 5.75 Å². The van der Waals surface area contributed by atoms with Crippen molar-refractivity contribution in [2.24, 2.45) is 16.8 Å². The molecule has 8 heteroatoms. The number of methoxy groups -OCH3 is 1. The molecule has 2 atom stereocenters. The lowest BCUT2D eigenvalue weighted by Gasteiger charge is -2.38. The molecule has 1 aromatic rings. The van der Waals surface area contributed by atoms with Crippen molar-refractivity contribution in [1.29, 1.82) is 0 Å². The number of aliphatic carboxylic acids is 2. The van der Waals surface area contributed by atoms with E-state index < -0.39 is 17.8 Å². The molecule has 1 amide bonds. The van der Waals surface area contributed by atoms with Crippen LogP contribution in [0.5, 0.6) is 5.75 Å². The minimum Gasteiger partial charge on any atom is -0.497 e. The van der Waals surface area contributed by atoms with Gasteiger partial charge in [-0.25, -0.2) is 4.79 Å². The number of hydrogen-bond donors (Lipinski definition) is 2. The van der Waals surface area contributed by atoms with Crippen LogP contribution in [0.25, 0.3) is 0 Å². The summed E-state index contributed by atoms with van der Waals surface area (Å²) < 4.78 is 5.28. The molecule has 2 N–H and O–H groups in total. The molecule has 1 saturated heterocycles. The van der Waals surface area contributed by atoms with Crippen molar-refractivity contribution in [3.05, 3.63) is 29.3 Å². The molecule has 2 unspecified atom stereocenters. The van der Waals surface area contributed by atoms with Crippen LogP contribution in [0.2, 0.25) is 0 Å². The highest BCUT2D eigenvalue weighted by molar-refractivity contribution is 6.31. The fourth-order valence-corrected chi connectivity index (χ4v) is 4.13. The molecule has 2 aliphatic rings. The third kappa shape index (κ3) is 4.32. The molecule has 0 spiro atoms. The number of likely N-dealkylation sites (tertiary alicyclic amines) is 1. The number of aliphatic imine (C=N–C) groups is 1. The van der Waals surface area contributed by atoms with E-state index in [1.165, 1.54) is 4.90 Å². The van der Waals surface area contributed by atoms with E-state index in [2.05, 4.69) is 4.99 Å². The van der Waals surface area contributed by atoms with E-state index in [4.69, 9.17) is 9.84 Å². The van der Waals surface area contributed by atoms with Crippen molar-refractivity contribution in [2.75, 3.05) is 26.7 Å². The normalized spacial score (nSPS) is 21.5. The molecule has 8 nitrogen and oxygen atoms in total. The lowest BCUT2D eigenvalue weighted by Crippen LogP contribution is -2.47. The maximum Gasteiger partial charge on any atom is 0.394 e. The monoisotopic (exact) mass is 388 g/mol. The third-order valence-electron chi connectivity index (χ3n) is 5.56. The standard InChI is InChI=1S/C20H24N2O6/c1-28-15-2-3-16-13(8-15)4-6-21-17(16)9-14-11-22(19(25)20(26)27)7-5-12(14)10-18(23)24/h2-3,8,12,14H,4-7,9-11H2,1H3,(H,23,24)(H,26,27). The topological polar surface area (TPSA) is 117 Å². The van der Waals surface area contributed by atoms with Gasteiger partial charge in [-0.05, 0) is 60.4 Å². The molecule has 0 radical (unpaired) electrons. The van der Waals surface area contributed by atoms with Crippen molar-refractivity contribution >= 4 is 23.6 Å². The van der Waals surface area contributed by atoms with Gasteiger partial charge >= 0.3 is 17.8 Å². The molecule has 1 aromatic carbocycles. The Kier molecular flexibility index (Phi) is 5.96. The van der Waals surface area contributed by atoms with Crippen LogP contribution in [0.3, 0.4) is 0 Å². The second kappa shape index (κ2) is 8.41. The van der Waals surface area contributed by atoms with Gasteiger partial charge in [-0.3, -0.25) is 14.6 Å². The maximum absolute atomic E-state index is 11.9. The van der Waals surface area contributed by atoms with E-state index >= 15 is 0 Å². The molecule has 0 saturated carbocycles. The Bertz CT molecular complexity index is 819. The number of ether oxygens (including phenoxy) is 1. The molecule has 1 fully saturated rings. The van der Waals surface area contributed by atoms with Crippen molar-refractivity contribution < 1.29 is 29.3 Å². The van der Waals surface area contributed by atoms with Crippen LogP contribution < -0.4 is 4.74 Å². The first-order valence-electron chi connectivity index (χ1n) is 9.33. The number of hydrogen-bond acceptors (Lipinski definition) is 5. The second-order valence-electron chi connectivity index (χ2n) is 7.27. The Morgan fingerprint density at radius 1 is 1.25 bits per heavy atom. The van der Waals surface area contributed by atoms with Gasteiger partial charge in [0, 0.05) is 31.8 Å². The number of carbonyl (C=O) groups is 3. The Labute approximate surface area is 162 Å². The first kappa shape index (κ1) is 19.9. The number of benzene rings is 1. The number of rotatable bonds is 5.